The number of hydrogen-bond donors (Lipinski definition) is 2. The molecule has 5 rings (SSSR count). The number of ether oxygens (including phenoxy) is 3. The molecule has 2 aromatic heterocycles. The lowest BCUT2D eigenvalue weighted by Crippen LogP contribution is -2.31. The van der Waals surface area contributed by atoms with Gasteiger partial charge in [0.05, 0.1) is 38.8 Å². The topological polar surface area (TPSA) is 112 Å². The van der Waals surface area contributed by atoms with Gasteiger partial charge in [-0.15, -0.1) is 5.10 Å². The fraction of sp³-hybridized carbons (Fsp3) is 0.214. The van der Waals surface area contributed by atoms with Gasteiger partial charge in [0, 0.05) is 29.1 Å². The molecule has 10 heteroatoms. The maximum atomic E-state index is 13.8. The highest BCUT2D eigenvalue weighted by Crippen LogP contribution is 2.44. The Balaban J connectivity index is 1.69. The number of hydrogen-bond acceptors (Lipinski definition) is 8. The molecule has 0 saturated carbocycles. The second kappa shape index (κ2) is 10.3. The monoisotopic (exact) mass is 512 g/mol. The van der Waals surface area contributed by atoms with Crippen molar-refractivity contribution in [3.8, 4) is 28.6 Å². The van der Waals surface area contributed by atoms with E-state index in [0.717, 1.165) is 11.1 Å². The number of anilines is 2. The number of carbonyl (C=O) groups excluding carboxylic acids is 1. The van der Waals surface area contributed by atoms with Crippen molar-refractivity contribution in [2.45, 2.75) is 19.9 Å². The van der Waals surface area contributed by atoms with Crippen LogP contribution in [0.2, 0.25) is 0 Å². The van der Waals surface area contributed by atoms with E-state index in [9.17, 15) is 4.79 Å². The molecule has 4 aromatic rings. The molecule has 194 valence electrons. The first-order valence-corrected chi connectivity index (χ1v) is 12.0. The SMILES string of the molecule is COc1cc(OC)c(C2C(C(=O)Nc3cccnc3)=C(C)Nc3nc(-c4ccc(C)cc4)nn32)cc1OC. The molecule has 1 aliphatic rings. The summed E-state index contributed by atoms with van der Waals surface area (Å²) in [5.74, 6) is 2.21. The van der Waals surface area contributed by atoms with Crippen molar-refractivity contribution in [1.82, 2.24) is 19.7 Å². The molecule has 2 aromatic carbocycles. The third-order valence-corrected chi connectivity index (χ3v) is 6.36. The summed E-state index contributed by atoms with van der Waals surface area (Å²) in [5.41, 5.74) is 4.28. The zero-order valence-corrected chi connectivity index (χ0v) is 21.8. The van der Waals surface area contributed by atoms with Gasteiger partial charge in [0.1, 0.15) is 11.8 Å². The van der Waals surface area contributed by atoms with Crippen molar-refractivity contribution in [3.05, 3.63) is 83.3 Å². The molecule has 2 N–H and O–H groups in total. The number of fused-ring (bicyclic) bond motifs is 1. The summed E-state index contributed by atoms with van der Waals surface area (Å²) >= 11 is 0. The van der Waals surface area contributed by atoms with Crippen LogP contribution >= 0.6 is 0 Å². The van der Waals surface area contributed by atoms with Crippen LogP contribution < -0.4 is 24.8 Å². The molecule has 0 spiro atoms. The molecule has 0 aliphatic carbocycles. The summed E-state index contributed by atoms with van der Waals surface area (Å²) in [4.78, 5) is 22.6. The van der Waals surface area contributed by atoms with E-state index in [4.69, 9.17) is 24.3 Å². The van der Waals surface area contributed by atoms with Gasteiger partial charge < -0.3 is 24.8 Å². The molecule has 0 bridgehead atoms. The fourth-order valence-corrected chi connectivity index (χ4v) is 4.46. The van der Waals surface area contributed by atoms with E-state index in [0.29, 0.717) is 51.5 Å². The van der Waals surface area contributed by atoms with Crippen molar-refractivity contribution in [2.75, 3.05) is 32.0 Å². The molecule has 38 heavy (non-hydrogen) atoms. The Morgan fingerprint density at radius 3 is 2.34 bits per heavy atom. The van der Waals surface area contributed by atoms with Crippen LogP contribution in [0.4, 0.5) is 11.6 Å². The number of pyridine rings is 1. The number of allylic oxidation sites excluding steroid dienone is 1. The number of nitrogens with zero attached hydrogens (tertiary/aromatic N) is 4. The quantitative estimate of drug-likeness (QED) is 0.369. The van der Waals surface area contributed by atoms with E-state index in [2.05, 4.69) is 15.6 Å². The smallest absolute Gasteiger partial charge is 0.255 e. The molecule has 1 unspecified atom stereocenters. The number of aromatic nitrogens is 4. The molecular formula is C28H28N6O4. The number of amides is 1. The van der Waals surface area contributed by atoms with E-state index in [-0.39, 0.29) is 5.91 Å². The van der Waals surface area contributed by atoms with Gasteiger partial charge in [-0.05, 0) is 32.0 Å². The Bertz CT molecular complexity index is 1510. The zero-order chi connectivity index (χ0) is 26.8. The summed E-state index contributed by atoms with van der Waals surface area (Å²) in [6, 6.07) is 14.3. The van der Waals surface area contributed by atoms with Crippen LogP contribution in [-0.4, -0.2) is 47.0 Å². The molecular weight excluding hydrogens is 484 g/mol. The predicted octanol–water partition coefficient (Wildman–Crippen LogP) is 4.60. The summed E-state index contributed by atoms with van der Waals surface area (Å²) < 4.78 is 18.5. The second-order valence-electron chi connectivity index (χ2n) is 8.78. The Morgan fingerprint density at radius 1 is 0.974 bits per heavy atom. The van der Waals surface area contributed by atoms with E-state index >= 15 is 0 Å². The van der Waals surface area contributed by atoms with Gasteiger partial charge in [0.15, 0.2) is 17.3 Å². The Hall–Kier alpha value is -4.86. The molecule has 1 aliphatic heterocycles. The van der Waals surface area contributed by atoms with E-state index < -0.39 is 6.04 Å². The van der Waals surface area contributed by atoms with Gasteiger partial charge in [0.25, 0.3) is 5.91 Å². The number of carbonyl (C=O) groups is 1. The highest BCUT2D eigenvalue weighted by atomic mass is 16.5. The van der Waals surface area contributed by atoms with Crippen molar-refractivity contribution in [3.63, 3.8) is 0 Å². The first kappa shape index (κ1) is 24.8. The molecule has 10 nitrogen and oxygen atoms in total. The van der Waals surface area contributed by atoms with Crippen LogP contribution in [0.1, 0.15) is 24.1 Å². The summed E-state index contributed by atoms with van der Waals surface area (Å²) in [6.07, 6.45) is 3.24. The molecule has 3 heterocycles. The van der Waals surface area contributed by atoms with Gasteiger partial charge in [0.2, 0.25) is 5.95 Å². The van der Waals surface area contributed by atoms with Crippen LogP contribution in [-0.2, 0) is 4.79 Å². The Morgan fingerprint density at radius 2 is 1.68 bits per heavy atom. The Labute approximate surface area is 220 Å². The third-order valence-electron chi connectivity index (χ3n) is 6.36. The molecule has 1 atom stereocenters. The number of benzene rings is 2. The number of rotatable bonds is 7. The minimum atomic E-state index is -0.690. The third kappa shape index (κ3) is 4.52. The van der Waals surface area contributed by atoms with Crippen LogP contribution in [0.5, 0.6) is 17.2 Å². The number of methoxy groups -OCH3 is 3. The lowest BCUT2D eigenvalue weighted by atomic mass is 9.93. The van der Waals surface area contributed by atoms with Gasteiger partial charge in [-0.3, -0.25) is 9.78 Å². The van der Waals surface area contributed by atoms with Gasteiger partial charge in [-0.1, -0.05) is 29.8 Å². The van der Waals surface area contributed by atoms with E-state index in [1.54, 1.807) is 62.7 Å². The number of aryl methyl sites for hydroxylation is 1. The van der Waals surface area contributed by atoms with Gasteiger partial charge >= 0.3 is 0 Å². The van der Waals surface area contributed by atoms with Crippen LogP contribution in [0, 0.1) is 6.92 Å². The lowest BCUT2D eigenvalue weighted by Gasteiger charge is -2.30. The minimum absolute atomic E-state index is 0.317. The van der Waals surface area contributed by atoms with Crippen LogP contribution in [0.15, 0.2) is 72.2 Å². The molecule has 1 amide bonds. The second-order valence-corrected chi connectivity index (χ2v) is 8.78. The summed E-state index contributed by atoms with van der Waals surface area (Å²) in [5, 5.41) is 11.1. The molecule has 0 radical (unpaired) electrons. The first-order chi connectivity index (χ1) is 18.4. The number of nitrogens with one attached hydrogen (secondary N) is 2. The molecule has 0 fully saturated rings. The standard InChI is InChI=1S/C28H28N6O4/c1-16-8-10-18(11-9-16)26-32-28-30-17(2)24(27(35)31-19-7-6-12-29-15-19)25(34(28)33-26)20-13-22(37-4)23(38-5)14-21(20)36-3/h6-15,25H,1-5H3,(H,31,35)(H,30,32,33). The summed E-state index contributed by atoms with van der Waals surface area (Å²) in [7, 11) is 4.68. The van der Waals surface area contributed by atoms with E-state index in [1.165, 1.54) is 0 Å². The van der Waals surface area contributed by atoms with Crippen molar-refractivity contribution in [1.29, 1.82) is 0 Å². The van der Waals surface area contributed by atoms with Crippen LogP contribution in [0.3, 0.4) is 0 Å². The average Bonchev–Trinajstić information content (AvgIpc) is 3.35. The maximum absolute atomic E-state index is 13.8. The van der Waals surface area contributed by atoms with Crippen LogP contribution in [0.25, 0.3) is 11.4 Å². The van der Waals surface area contributed by atoms with Crippen molar-refractivity contribution in [2.24, 2.45) is 0 Å². The fourth-order valence-electron chi connectivity index (χ4n) is 4.46. The zero-order valence-electron chi connectivity index (χ0n) is 21.8. The van der Waals surface area contributed by atoms with E-state index in [1.807, 2.05) is 38.1 Å². The lowest BCUT2D eigenvalue weighted by molar-refractivity contribution is -0.113. The normalized spacial score (nSPS) is 14.4. The average molecular weight is 513 g/mol. The van der Waals surface area contributed by atoms with Crippen molar-refractivity contribution >= 4 is 17.5 Å². The predicted molar refractivity (Wildman–Crippen MR) is 144 cm³/mol. The Kier molecular flexibility index (Phi) is 6.69. The van der Waals surface area contributed by atoms with Gasteiger partial charge in [-0.25, -0.2) is 4.68 Å². The maximum Gasteiger partial charge on any atom is 0.255 e. The largest absolute Gasteiger partial charge is 0.496 e. The first-order valence-electron chi connectivity index (χ1n) is 12.0. The highest BCUT2D eigenvalue weighted by molar-refractivity contribution is 6.06. The molecule has 0 saturated heterocycles. The van der Waals surface area contributed by atoms with Gasteiger partial charge in [-0.2, -0.15) is 4.98 Å². The highest BCUT2D eigenvalue weighted by Gasteiger charge is 2.37. The summed E-state index contributed by atoms with van der Waals surface area (Å²) in [6.45, 7) is 3.86. The minimum Gasteiger partial charge on any atom is -0.496 e. The van der Waals surface area contributed by atoms with Crippen molar-refractivity contribution < 1.29 is 19.0 Å².